The minimum atomic E-state index is -1.00. The van der Waals surface area contributed by atoms with Crippen LogP contribution in [0.1, 0.15) is 63.6 Å². The van der Waals surface area contributed by atoms with Gasteiger partial charge in [-0.15, -0.1) is 0 Å². The number of rotatable bonds is 6. The van der Waals surface area contributed by atoms with E-state index >= 15 is 0 Å². The maximum absolute atomic E-state index is 13.8. The largest absolute Gasteiger partial charge is 0.459 e. The van der Waals surface area contributed by atoms with Crippen molar-refractivity contribution >= 4 is 46.7 Å². The fourth-order valence-corrected chi connectivity index (χ4v) is 8.15. The molecule has 3 saturated heterocycles. The zero-order valence-electron chi connectivity index (χ0n) is 34.4. The van der Waals surface area contributed by atoms with E-state index in [1.807, 2.05) is 49.2 Å². The van der Waals surface area contributed by atoms with Gasteiger partial charge in [0.1, 0.15) is 0 Å². The number of aromatic nitrogens is 1. The number of hydrogen-bond acceptors (Lipinski definition) is 10. The third-order valence-electron chi connectivity index (χ3n) is 11.7. The van der Waals surface area contributed by atoms with E-state index in [1.54, 1.807) is 29.8 Å². The van der Waals surface area contributed by atoms with Gasteiger partial charge >= 0.3 is 29.8 Å². The van der Waals surface area contributed by atoms with Crippen LogP contribution in [0.4, 0.5) is 15.3 Å². The molecule has 1 N–H and O–H groups in total. The number of hydrogen-bond donors (Lipinski definition) is 1. The summed E-state index contributed by atoms with van der Waals surface area (Å²) in [6.07, 6.45) is 2.50. The quantitative estimate of drug-likeness (QED) is 0.281. The lowest BCUT2D eigenvalue weighted by atomic mass is 9.98. The Kier molecular flexibility index (Phi) is 15.2. The maximum Gasteiger partial charge on any atom is 0.419 e. The summed E-state index contributed by atoms with van der Waals surface area (Å²) in [4.78, 5) is 83.9. The predicted octanol–water partition coefficient (Wildman–Crippen LogP) is 4.26. The third-order valence-corrected chi connectivity index (χ3v) is 11.7. The Hall–Kier alpha value is -5.38. The van der Waals surface area contributed by atoms with E-state index in [4.69, 9.17) is 9.15 Å². The van der Waals surface area contributed by atoms with Gasteiger partial charge in [-0.1, -0.05) is 38.6 Å². The van der Waals surface area contributed by atoms with Crippen molar-refractivity contribution in [1.29, 1.82) is 0 Å². The molecule has 322 valence electrons. The molecule has 0 bridgehead atoms. The number of benzene rings is 2. The Bertz CT molecular complexity index is 2020. The first-order chi connectivity index (χ1) is 27.8. The van der Waals surface area contributed by atoms with Gasteiger partial charge in [-0.3, -0.25) is 14.2 Å². The van der Waals surface area contributed by atoms with Gasteiger partial charge < -0.3 is 43.7 Å². The Morgan fingerprint density at radius 3 is 2.20 bits per heavy atom. The minimum Gasteiger partial charge on any atom is -0.459 e. The predicted molar refractivity (Wildman–Crippen MR) is 223 cm³/mol. The van der Waals surface area contributed by atoms with Crippen LogP contribution in [0.3, 0.4) is 0 Å². The monoisotopic (exact) mass is 819 g/mol. The van der Waals surface area contributed by atoms with Crippen LogP contribution in [0.15, 0.2) is 45.6 Å². The number of anilines is 1. The van der Waals surface area contributed by atoms with Gasteiger partial charge in [0.2, 0.25) is 0 Å². The van der Waals surface area contributed by atoms with Crippen LogP contribution in [0.5, 0.6) is 0 Å². The van der Waals surface area contributed by atoms with Crippen LogP contribution in [0.25, 0.3) is 11.1 Å². The van der Waals surface area contributed by atoms with Crippen LogP contribution < -0.4 is 11.1 Å². The number of likely N-dealkylation sites (N-methyl/N-ethyl adjacent to an activating group) is 1. The highest BCUT2D eigenvalue weighted by atomic mass is 16.6. The number of likely N-dealkylation sites (tertiary alicyclic amines) is 2. The van der Waals surface area contributed by atoms with Gasteiger partial charge in [0, 0.05) is 84.1 Å². The second-order valence-electron chi connectivity index (χ2n) is 15.8. The molecule has 3 aromatic rings. The van der Waals surface area contributed by atoms with E-state index in [0.717, 1.165) is 54.7 Å². The van der Waals surface area contributed by atoms with E-state index in [0.29, 0.717) is 75.7 Å². The smallest absolute Gasteiger partial charge is 0.419 e. The van der Waals surface area contributed by atoms with E-state index in [-0.39, 0.29) is 38.4 Å². The van der Waals surface area contributed by atoms with Crippen LogP contribution >= 0.6 is 0 Å². The molecule has 3 fully saturated rings. The van der Waals surface area contributed by atoms with Crippen molar-refractivity contribution in [3.05, 3.63) is 63.6 Å². The van der Waals surface area contributed by atoms with Gasteiger partial charge in [-0.05, 0) is 87.7 Å². The molecular formula is C43H61N7O9. The molecule has 16 nitrogen and oxygen atoms in total. The Balaban J connectivity index is 0.000000376. The standard InChI is InChI=1S/C33H41N5O6.C9H16N2O3.CH4/c1-21-8-13-36(14-9-21)30(39)28(20-23-18-22(2)29-27(19-23)43-32(41)35(29)3)44-33(42)37-15-11-25(12-16-37)38-17-10-24-6-4-5-7-26(24)34-31(38)40;1-3-14-9(13)8(12)11-6-4-10(2)5-7-11;/h4-7,18-19,21,25,28H,8-17,20H2,1-3H3,(H,34,40);3-7H2,1-2H3;1H4/t28-;;/m1../s1. The molecule has 5 heterocycles. The highest BCUT2D eigenvalue weighted by molar-refractivity contribution is 6.32. The molecule has 59 heavy (non-hydrogen) atoms. The number of piperazine rings is 1. The fraction of sp³-hybridized carbons (Fsp3) is 0.581. The number of nitrogens with zero attached hydrogens (tertiary/aromatic N) is 6. The number of carbonyl (C=O) groups is 5. The summed E-state index contributed by atoms with van der Waals surface area (Å²) < 4.78 is 17.5. The zero-order chi connectivity index (χ0) is 41.5. The highest BCUT2D eigenvalue weighted by Gasteiger charge is 2.35. The summed E-state index contributed by atoms with van der Waals surface area (Å²) in [5.74, 6) is -1.36. The molecule has 0 radical (unpaired) electrons. The van der Waals surface area contributed by atoms with E-state index in [2.05, 4.69) is 21.9 Å². The van der Waals surface area contributed by atoms with Gasteiger partial charge in [0.15, 0.2) is 11.7 Å². The number of oxazole rings is 1. The Morgan fingerprint density at radius 2 is 1.53 bits per heavy atom. The average Bonchev–Trinajstić information content (AvgIpc) is 3.39. The number of piperidine rings is 2. The van der Waals surface area contributed by atoms with E-state index < -0.39 is 29.8 Å². The number of nitrogens with one attached hydrogen (secondary N) is 1. The van der Waals surface area contributed by atoms with Gasteiger partial charge in [-0.25, -0.2) is 19.2 Å². The normalized spacial score (nSPS) is 18.4. The molecule has 5 amide bonds. The fourth-order valence-electron chi connectivity index (χ4n) is 8.15. The first-order valence-electron chi connectivity index (χ1n) is 20.5. The SMILES string of the molecule is C.CCOC(=O)C(=O)N1CCN(C)CC1.Cc1cc(C[C@@H](OC(=O)N2CCC(N3CCc4ccccc4NC3=O)CC2)C(=O)N2CCC(C)CC2)cc2oc(=O)n(C)c12. The molecule has 1 aromatic heterocycles. The number of esters is 1. The molecular weight excluding hydrogens is 759 g/mol. The lowest BCUT2D eigenvalue weighted by molar-refractivity contribution is -0.160. The molecule has 7 rings (SSSR count). The lowest BCUT2D eigenvalue weighted by Crippen LogP contribution is -2.51. The summed E-state index contributed by atoms with van der Waals surface area (Å²) in [5, 5.41) is 3.03. The molecule has 4 aliphatic heterocycles. The van der Waals surface area contributed by atoms with Gasteiger partial charge in [0.05, 0.1) is 12.1 Å². The lowest BCUT2D eigenvalue weighted by Gasteiger charge is -2.38. The molecule has 0 aliphatic carbocycles. The number of carbonyl (C=O) groups excluding carboxylic acids is 5. The van der Waals surface area contributed by atoms with E-state index in [9.17, 15) is 28.8 Å². The first kappa shape index (κ1) is 44.7. The maximum atomic E-state index is 13.8. The van der Waals surface area contributed by atoms with Crippen LogP contribution in [0.2, 0.25) is 0 Å². The number of amides is 5. The minimum absolute atomic E-state index is 0. The topological polar surface area (TPSA) is 167 Å². The second kappa shape index (κ2) is 20.1. The zero-order valence-corrected chi connectivity index (χ0v) is 34.4. The van der Waals surface area contributed by atoms with Gasteiger partial charge in [0.25, 0.3) is 5.91 Å². The van der Waals surface area contributed by atoms with Crippen LogP contribution in [-0.2, 0) is 43.7 Å². The molecule has 0 unspecified atom stereocenters. The number of aryl methyl sites for hydroxylation is 2. The van der Waals surface area contributed by atoms with Crippen molar-refractivity contribution in [3.8, 4) is 0 Å². The van der Waals surface area contributed by atoms with Crippen molar-refractivity contribution in [1.82, 2.24) is 29.1 Å². The molecule has 1 atom stereocenters. The molecule has 2 aromatic carbocycles. The van der Waals surface area contributed by atoms with E-state index in [1.165, 1.54) is 9.47 Å². The average molecular weight is 820 g/mol. The molecule has 0 saturated carbocycles. The Morgan fingerprint density at radius 1 is 0.864 bits per heavy atom. The molecule has 4 aliphatic rings. The number of para-hydroxylation sites is 1. The molecule has 0 spiro atoms. The van der Waals surface area contributed by atoms with Crippen molar-refractivity contribution in [2.24, 2.45) is 13.0 Å². The second-order valence-corrected chi connectivity index (χ2v) is 15.8. The number of ether oxygens (including phenoxy) is 2. The van der Waals surface area contributed by atoms with Crippen molar-refractivity contribution in [2.75, 3.05) is 77.9 Å². The summed E-state index contributed by atoms with van der Waals surface area (Å²) in [7, 11) is 3.65. The van der Waals surface area contributed by atoms with Crippen LogP contribution in [-0.4, -0.2) is 144 Å². The van der Waals surface area contributed by atoms with Crippen molar-refractivity contribution in [3.63, 3.8) is 0 Å². The summed E-state index contributed by atoms with van der Waals surface area (Å²) in [5.41, 5.74) is 4.72. The summed E-state index contributed by atoms with van der Waals surface area (Å²) in [6, 6.07) is 11.4. The van der Waals surface area contributed by atoms with Crippen molar-refractivity contribution < 1.29 is 37.9 Å². The third kappa shape index (κ3) is 10.8. The Labute approximate surface area is 346 Å². The first-order valence-corrected chi connectivity index (χ1v) is 20.5. The number of urea groups is 1. The van der Waals surface area contributed by atoms with Crippen LogP contribution in [0, 0.1) is 12.8 Å². The summed E-state index contributed by atoms with van der Waals surface area (Å²) in [6.45, 7) is 11.6. The van der Waals surface area contributed by atoms with Crippen molar-refractivity contribution in [2.45, 2.75) is 78.9 Å². The van der Waals surface area contributed by atoms with Gasteiger partial charge in [-0.2, -0.15) is 0 Å². The highest BCUT2D eigenvalue weighted by Crippen LogP contribution is 2.27. The number of fused-ring (bicyclic) bond motifs is 2. The molecule has 16 heteroatoms. The summed E-state index contributed by atoms with van der Waals surface area (Å²) >= 11 is 0.